The van der Waals surface area contributed by atoms with Crippen LogP contribution in [0.2, 0.25) is 0 Å². The van der Waals surface area contributed by atoms with Crippen molar-refractivity contribution in [1.29, 1.82) is 0 Å². The van der Waals surface area contributed by atoms with E-state index in [-0.39, 0.29) is 18.2 Å². The minimum atomic E-state index is -6.47. The SMILES string of the molecule is Nc1ccc2c(N)c(C(O)(C(F)(F)F)C(F)(F)F)ccc2c1C(O)(C(F)(F)F)C(F)(F)F. The molecule has 0 saturated carbocycles. The normalized spacial score (nSPS) is 14.8. The number of nitrogen functional groups attached to an aromatic ring is 2. The lowest BCUT2D eigenvalue weighted by Crippen LogP contribution is -2.54. The zero-order chi connectivity index (χ0) is 25.3. The summed E-state index contributed by atoms with van der Waals surface area (Å²) in [7, 11) is 0. The van der Waals surface area contributed by atoms with Crippen LogP contribution in [-0.4, -0.2) is 34.9 Å². The summed E-state index contributed by atoms with van der Waals surface area (Å²) >= 11 is 0. The fourth-order valence-electron chi connectivity index (χ4n) is 3.08. The molecule has 0 heterocycles. The Balaban J connectivity index is 3.06. The molecule has 4 nitrogen and oxygen atoms in total. The second-order valence-corrected chi connectivity index (χ2v) is 6.56. The molecule has 6 N–H and O–H groups in total. The van der Waals surface area contributed by atoms with Crippen LogP contribution in [0.15, 0.2) is 24.3 Å². The van der Waals surface area contributed by atoms with E-state index < -0.39 is 69.2 Å². The number of anilines is 2. The lowest BCUT2D eigenvalue weighted by atomic mass is 9.83. The predicted octanol–water partition coefficient (Wildman–Crippen LogP) is 4.63. The van der Waals surface area contributed by atoms with Crippen molar-refractivity contribution < 1.29 is 62.9 Å². The van der Waals surface area contributed by atoms with Crippen molar-refractivity contribution in [3.8, 4) is 0 Å². The van der Waals surface area contributed by atoms with Crippen molar-refractivity contribution in [2.45, 2.75) is 35.9 Å². The van der Waals surface area contributed by atoms with E-state index >= 15 is 0 Å². The van der Waals surface area contributed by atoms with Gasteiger partial charge in [-0.1, -0.05) is 18.2 Å². The summed E-state index contributed by atoms with van der Waals surface area (Å²) in [6, 6.07) is 0.417. The van der Waals surface area contributed by atoms with Gasteiger partial charge in [0.1, 0.15) is 0 Å². The maximum Gasteiger partial charge on any atom is 0.430 e. The maximum atomic E-state index is 13.3. The molecular formula is C16H10F12N2O2. The Morgan fingerprint density at radius 2 is 0.906 bits per heavy atom. The van der Waals surface area contributed by atoms with Crippen LogP contribution < -0.4 is 11.5 Å². The number of halogens is 12. The molecule has 180 valence electrons. The highest BCUT2D eigenvalue weighted by molar-refractivity contribution is 6.00. The van der Waals surface area contributed by atoms with Gasteiger partial charge in [-0.25, -0.2) is 0 Å². The molecule has 0 bridgehead atoms. The number of benzene rings is 2. The Morgan fingerprint density at radius 1 is 0.531 bits per heavy atom. The third-order valence-electron chi connectivity index (χ3n) is 4.67. The van der Waals surface area contributed by atoms with Crippen LogP contribution in [0.3, 0.4) is 0 Å². The first-order chi connectivity index (χ1) is 14.0. The van der Waals surface area contributed by atoms with E-state index in [2.05, 4.69) is 0 Å². The summed E-state index contributed by atoms with van der Waals surface area (Å²) in [5.74, 6) is 0. The fraction of sp³-hybridized carbons (Fsp3) is 0.375. The van der Waals surface area contributed by atoms with Crippen LogP contribution in [0.4, 0.5) is 64.1 Å². The molecule has 2 rings (SSSR count). The fourth-order valence-corrected chi connectivity index (χ4v) is 3.08. The van der Waals surface area contributed by atoms with Gasteiger partial charge in [0.15, 0.2) is 0 Å². The van der Waals surface area contributed by atoms with Crippen LogP contribution >= 0.6 is 0 Å². The van der Waals surface area contributed by atoms with E-state index in [9.17, 15) is 62.9 Å². The first kappa shape index (κ1) is 25.6. The number of hydrogen-bond donors (Lipinski definition) is 4. The van der Waals surface area contributed by atoms with E-state index in [1.54, 1.807) is 0 Å². The van der Waals surface area contributed by atoms with Crippen LogP contribution in [0.5, 0.6) is 0 Å². The van der Waals surface area contributed by atoms with Crippen LogP contribution in [0.25, 0.3) is 10.8 Å². The highest BCUT2D eigenvalue weighted by Crippen LogP contribution is 2.56. The smallest absolute Gasteiger partial charge is 0.398 e. The van der Waals surface area contributed by atoms with Gasteiger partial charge in [-0.05, 0) is 11.5 Å². The molecule has 0 spiro atoms. The summed E-state index contributed by atoms with van der Waals surface area (Å²) in [6.07, 6.45) is -25.8. The molecule has 0 aliphatic heterocycles. The lowest BCUT2D eigenvalue weighted by molar-refractivity contribution is -0.376. The molecule has 32 heavy (non-hydrogen) atoms. The Hall–Kier alpha value is -2.62. The molecule has 0 fully saturated rings. The molecule has 16 heteroatoms. The van der Waals surface area contributed by atoms with E-state index in [1.165, 1.54) is 0 Å². The molecule has 0 aliphatic carbocycles. The largest absolute Gasteiger partial charge is 0.430 e. The van der Waals surface area contributed by atoms with Gasteiger partial charge in [0.2, 0.25) is 0 Å². The first-order valence-electron chi connectivity index (χ1n) is 7.86. The van der Waals surface area contributed by atoms with Gasteiger partial charge in [0, 0.05) is 27.9 Å². The van der Waals surface area contributed by atoms with Gasteiger partial charge in [0.05, 0.1) is 0 Å². The highest BCUT2D eigenvalue weighted by Gasteiger charge is 2.73. The van der Waals surface area contributed by atoms with Gasteiger partial charge in [-0.15, -0.1) is 0 Å². The average Bonchev–Trinajstić information content (AvgIpc) is 2.56. The average molecular weight is 490 g/mol. The summed E-state index contributed by atoms with van der Waals surface area (Å²) in [5, 5.41) is 16.6. The van der Waals surface area contributed by atoms with Crippen molar-refractivity contribution in [2.24, 2.45) is 0 Å². The Bertz CT molecular complexity index is 1010. The van der Waals surface area contributed by atoms with Crippen molar-refractivity contribution in [2.75, 3.05) is 11.5 Å². The predicted molar refractivity (Wildman–Crippen MR) is 84.8 cm³/mol. The number of rotatable bonds is 2. The topological polar surface area (TPSA) is 92.5 Å². The van der Waals surface area contributed by atoms with Crippen molar-refractivity contribution >= 4 is 22.1 Å². The van der Waals surface area contributed by atoms with Crippen molar-refractivity contribution in [1.82, 2.24) is 0 Å². The molecule has 0 radical (unpaired) electrons. The Kier molecular flexibility index (Phi) is 5.56. The number of hydrogen-bond acceptors (Lipinski definition) is 4. The quantitative estimate of drug-likeness (QED) is 0.365. The molecule has 0 unspecified atom stereocenters. The second kappa shape index (κ2) is 6.94. The third-order valence-corrected chi connectivity index (χ3v) is 4.67. The van der Waals surface area contributed by atoms with Gasteiger partial charge in [-0.3, -0.25) is 0 Å². The lowest BCUT2D eigenvalue weighted by Gasteiger charge is -2.35. The van der Waals surface area contributed by atoms with Crippen molar-refractivity contribution in [3.63, 3.8) is 0 Å². The number of nitrogens with two attached hydrogens (primary N) is 2. The Morgan fingerprint density at radius 3 is 1.28 bits per heavy atom. The van der Waals surface area contributed by atoms with E-state index in [0.29, 0.717) is 6.07 Å². The molecule has 0 saturated heterocycles. The highest BCUT2D eigenvalue weighted by atomic mass is 19.4. The Labute approximate surface area is 169 Å². The minimum Gasteiger partial charge on any atom is -0.398 e. The van der Waals surface area contributed by atoms with E-state index in [1.807, 2.05) is 0 Å². The number of alkyl halides is 12. The molecule has 0 amide bonds. The molecule has 0 aliphatic rings. The minimum absolute atomic E-state index is 0.0301. The maximum absolute atomic E-state index is 13.3. The summed E-state index contributed by atoms with van der Waals surface area (Å²) in [5.41, 5.74) is -8.10. The summed E-state index contributed by atoms with van der Waals surface area (Å²) < 4.78 is 158. The third kappa shape index (κ3) is 3.35. The standard InChI is InChI=1S/C16H10F12N2O2/c17-13(18,19)11(31,14(20,21)22)7-3-1-5-6(10(7)30)2-4-8(29)9(5)12(32,15(23,24)25)16(26,27)28/h1-4,31-32H,29-30H2. The molecule has 2 aromatic rings. The first-order valence-corrected chi connectivity index (χ1v) is 7.86. The van der Waals surface area contributed by atoms with Crippen LogP contribution in [-0.2, 0) is 11.2 Å². The van der Waals surface area contributed by atoms with E-state index in [4.69, 9.17) is 11.5 Å². The molecular weight excluding hydrogens is 480 g/mol. The van der Waals surface area contributed by atoms with E-state index in [0.717, 1.165) is 0 Å². The van der Waals surface area contributed by atoms with Gasteiger partial charge < -0.3 is 21.7 Å². The van der Waals surface area contributed by atoms with Crippen LogP contribution in [0.1, 0.15) is 11.1 Å². The monoisotopic (exact) mass is 490 g/mol. The van der Waals surface area contributed by atoms with Gasteiger partial charge in [-0.2, -0.15) is 52.7 Å². The van der Waals surface area contributed by atoms with Crippen LogP contribution in [0, 0.1) is 0 Å². The van der Waals surface area contributed by atoms with Gasteiger partial charge >= 0.3 is 24.7 Å². The second-order valence-electron chi connectivity index (χ2n) is 6.56. The molecule has 0 atom stereocenters. The zero-order valence-electron chi connectivity index (χ0n) is 14.9. The van der Waals surface area contributed by atoms with Crippen molar-refractivity contribution in [3.05, 3.63) is 35.4 Å². The molecule has 2 aromatic carbocycles. The number of fused-ring (bicyclic) bond motifs is 1. The number of aliphatic hydroxyl groups is 2. The van der Waals surface area contributed by atoms with Gasteiger partial charge in [0.25, 0.3) is 11.2 Å². The summed E-state index contributed by atoms with van der Waals surface area (Å²) in [6.45, 7) is 0. The zero-order valence-corrected chi connectivity index (χ0v) is 14.9. The summed E-state index contributed by atoms with van der Waals surface area (Å²) in [4.78, 5) is 0. The molecule has 0 aromatic heterocycles.